The van der Waals surface area contributed by atoms with Crippen molar-refractivity contribution in [3.8, 4) is 0 Å². The zero-order chi connectivity index (χ0) is 12.5. The van der Waals surface area contributed by atoms with Gasteiger partial charge in [-0.05, 0) is 37.4 Å². The standard InChI is InChI=1S/C13H19NO2S/c1-10-5-3-4-6-12(10)13(14-2)11-7-8-17(15,16)9-11/h3-6,11,13-14H,7-9H2,1-2H3. The number of sulfone groups is 1. The van der Waals surface area contributed by atoms with E-state index in [1.54, 1.807) is 0 Å². The van der Waals surface area contributed by atoms with E-state index in [1.165, 1.54) is 11.1 Å². The van der Waals surface area contributed by atoms with Gasteiger partial charge in [-0.2, -0.15) is 0 Å². The van der Waals surface area contributed by atoms with Crippen LogP contribution in [0.3, 0.4) is 0 Å². The molecule has 1 heterocycles. The van der Waals surface area contributed by atoms with Crippen molar-refractivity contribution in [1.82, 2.24) is 5.32 Å². The van der Waals surface area contributed by atoms with Crippen LogP contribution in [-0.4, -0.2) is 27.0 Å². The maximum absolute atomic E-state index is 11.5. The van der Waals surface area contributed by atoms with Crippen LogP contribution in [-0.2, 0) is 9.84 Å². The van der Waals surface area contributed by atoms with Gasteiger partial charge in [-0.25, -0.2) is 8.42 Å². The average molecular weight is 253 g/mol. The topological polar surface area (TPSA) is 46.2 Å². The third-order valence-electron chi connectivity index (χ3n) is 3.57. The summed E-state index contributed by atoms with van der Waals surface area (Å²) in [4.78, 5) is 0. The Labute approximate surface area is 103 Å². The summed E-state index contributed by atoms with van der Waals surface area (Å²) in [6, 6.07) is 8.32. The summed E-state index contributed by atoms with van der Waals surface area (Å²) in [5.41, 5.74) is 2.44. The van der Waals surface area contributed by atoms with Crippen LogP contribution in [0.1, 0.15) is 23.6 Å². The van der Waals surface area contributed by atoms with Crippen LogP contribution in [0.15, 0.2) is 24.3 Å². The molecule has 1 fully saturated rings. The summed E-state index contributed by atoms with van der Waals surface area (Å²) in [6.45, 7) is 2.07. The van der Waals surface area contributed by atoms with E-state index in [1.807, 2.05) is 19.2 Å². The van der Waals surface area contributed by atoms with Crippen molar-refractivity contribution in [2.75, 3.05) is 18.6 Å². The minimum atomic E-state index is -2.81. The summed E-state index contributed by atoms with van der Waals surface area (Å²) >= 11 is 0. The van der Waals surface area contributed by atoms with E-state index in [4.69, 9.17) is 0 Å². The number of hydrogen-bond acceptors (Lipinski definition) is 3. The Kier molecular flexibility index (Phi) is 3.54. The first-order valence-electron chi connectivity index (χ1n) is 5.97. The molecule has 0 radical (unpaired) electrons. The Morgan fingerprint density at radius 3 is 2.59 bits per heavy atom. The molecule has 1 aromatic carbocycles. The van der Waals surface area contributed by atoms with Crippen LogP contribution in [0.25, 0.3) is 0 Å². The van der Waals surface area contributed by atoms with Gasteiger partial charge in [-0.1, -0.05) is 24.3 Å². The van der Waals surface area contributed by atoms with Crippen molar-refractivity contribution in [2.24, 2.45) is 5.92 Å². The van der Waals surface area contributed by atoms with Crippen molar-refractivity contribution in [3.63, 3.8) is 0 Å². The fourth-order valence-electron chi connectivity index (χ4n) is 2.67. The van der Waals surface area contributed by atoms with Crippen LogP contribution in [0, 0.1) is 12.8 Å². The van der Waals surface area contributed by atoms with Gasteiger partial charge in [0, 0.05) is 6.04 Å². The predicted molar refractivity (Wildman–Crippen MR) is 69.7 cm³/mol. The summed E-state index contributed by atoms with van der Waals surface area (Å²) in [6.07, 6.45) is 0.766. The fraction of sp³-hybridized carbons (Fsp3) is 0.538. The molecule has 2 unspecified atom stereocenters. The van der Waals surface area contributed by atoms with Gasteiger partial charge in [0.05, 0.1) is 11.5 Å². The van der Waals surface area contributed by atoms with Gasteiger partial charge < -0.3 is 5.32 Å². The number of aryl methyl sites for hydroxylation is 1. The van der Waals surface area contributed by atoms with Gasteiger partial charge >= 0.3 is 0 Å². The van der Waals surface area contributed by atoms with Gasteiger partial charge in [-0.15, -0.1) is 0 Å². The molecule has 0 bridgehead atoms. The monoisotopic (exact) mass is 253 g/mol. The Hall–Kier alpha value is -0.870. The molecule has 17 heavy (non-hydrogen) atoms. The van der Waals surface area contributed by atoms with Gasteiger partial charge in [0.1, 0.15) is 0 Å². The molecule has 1 aliphatic rings. The SMILES string of the molecule is CNC(c1ccccc1C)C1CCS(=O)(=O)C1. The lowest BCUT2D eigenvalue weighted by Crippen LogP contribution is -2.26. The molecular formula is C13H19NO2S. The molecule has 2 rings (SSSR count). The van der Waals surface area contributed by atoms with E-state index in [2.05, 4.69) is 24.4 Å². The molecule has 3 nitrogen and oxygen atoms in total. The van der Waals surface area contributed by atoms with Crippen molar-refractivity contribution < 1.29 is 8.42 Å². The van der Waals surface area contributed by atoms with Gasteiger partial charge in [0.25, 0.3) is 0 Å². The van der Waals surface area contributed by atoms with E-state index < -0.39 is 9.84 Å². The largest absolute Gasteiger partial charge is 0.313 e. The fourth-order valence-corrected chi connectivity index (χ4v) is 4.51. The highest BCUT2D eigenvalue weighted by Gasteiger charge is 2.34. The van der Waals surface area contributed by atoms with Crippen LogP contribution in [0.2, 0.25) is 0 Å². The maximum atomic E-state index is 11.5. The molecule has 1 saturated heterocycles. The van der Waals surface area contributed by atoms with Crippen LogP contribution < -0.4 is 5.32 Å². The molecule has 0 spiro atoms. The van der Waals surface area contributed by atoms with E-state index in [0.717, 1.165) is 6.42 Å². The van der Waals surface area contributed by atoms with E-state index >= 15 is 0 Å². The number of nitrogens with one attached hydrogen (secondary N) is 1. The number of rotatable bonds is 3. The number of benzene rings is 1. The molecule has 1 aromatic rings. The summed E-state index contributed by atoms with van der Waals surface area (Å²) in [5, 5.41) is 3.27. The first-order valence-corrected chi connectivity index (χ1v) is 7.79. The second-order valence-corrected chi connectivity index (χ2v) is 7.01. The molecule has 0 amide bonds. The molecule has 2 atom stereocenters. The van der Waals surface area contributed by atoms with Crippen molar-refractivity contribution in [2.45, 2.75) is 19.4 Å². The Balaban J connectivity index is 2.26. The number of hydrogen-bond donors (Lipinski definition) is 1. The van der Waals surface area contributed by atoms with Gasteiger partial charge in [-0.3, -0.25) is 0 Å². The molecule has 0 aromatic heterocycles. The van der Waals surface area contributed by atoms with E-state index in [0.29, 0.717) is 11.5 Å². The quantitative estimate of drug-likeness (QED) is 0.891. The zero-order valence-corrected chi connectivity index (χ0v) is 11.1. The lowest BCUT2D eigenvalue weighted by atomic mass is 9.90. The van der Waals surface area contributed by atoms with Crippen molar-refractivity contribution >= 4 is 9.84 Å². The van der Waals surface area contributed by atoms with Crippen LogP contribution in [0.4, 0.5) is 0 Å². The molecule has 0 aliphatic carbocycles. The molecule has 0 saturated carbocycles. The van der Waals surface area contributed by atoms with Gasteiger partial charge in [0.15, 0.2) is 9.84 Å². The summed E-state index contributed by atoms with van der Waals surface area (Å²) in [7, 11) is -0.907. The Bertz CT molecular complexity index is 496. The summed E-state index contributed by atoms with van der Waals surface area (Å²) in [5.74, 6) is 0.847. The minimum Gasteiger partial charge on any atom is -0.313 e. The third-order valence-corrected chi connectivity index (χ3v) is 5.37. The van der Waals surface area contributed by atoms with Crippen LogP contribution in [0.5, 0.6) is 0 Å². The highest BCUT2D eigenvalue weighted by atomic mass is 32.2. The molecule has 94 valence electrons. The second-order valence-electron chi connectivity index (χ2n) is 4.79. The first kappa shape index (κ1) is 12.6. The Morgan fingerprint density at radius 2 is 2.06 bits per heavy atom. The average Bonchev–Trinajstić information content (AvgIpc) is 2.63. The highest BCUT2D eigenvalue weighted by Crippen LogP contribution is 2.32. The van der Waals surface area contributed by atoms with Crippen molar-refractivity contribution in [1.29, 1.82) is 0 Å². The summed E-state index contributed by atoms with van der Waals surface area (Å²) < 4.78 is 23.1. The molecule has 1 aliphatic heterocycles. The zero-order valence-electron chi connectivity index (χ0n) is 10.3. The molecule has 4 heteroatoms. The molecular weight excluding hydrogens is 234 g/mol. The normalized spacial score (nSPS) is 24.7. The first-order chi connectivity index (χ1) is 8.03. The van der Waals surface area contributed by atoms with Crippen LogP contribution >= 0.6 is 0 Å². The highest BCUT2D eigenvalue weighted by molar-refractivity contribution is 7.91. The van der Waals surface area contributed by atoms with E-state index in [-0.39, 0.29) is 12.0 Å². The van der Waals surface area contributed by atoms with E-state index in [9.17, 15) is 8.42 Å². The van der Waals surface area contributed by atoms with Gasteiger partial charge in [0.2, 0.25) is 0 Å². The van der Waals surface area contributed by atoms with Crippen molar-refractivity contribution in [3.05, 3.63) is 35.4 Å². The molecule has 1 N–H and O–H groups in total. The smallest absolute Gasteiger partial charge is 0.150 e. The lowest BCUT2D eigenvalue weighted by molar-refractivity contribution is 0.417. The predicted octanol–water partition coefficient (Wildman–Crippen LogP) is 1.69. The lowest BCUT2D eigenvalue weighted by Gasteiger charge is -2.24. The Morgan fingerprint density at radius 1 is 1.35 bits per heavy atom. The second kappa shape index (κ2) is 4.78. The minimum absolute atomic E-state index is 0.147. The third kappa shape index (κ3) is 2.69. The maximum Gasteiger partial charge on any atom is 0.150 e.